The highest BCUT2D eigenvalue weighted by Gasteiger charge is 2.23. The summed E-state index contributed by atoms with van der Waals surface area (Å²) >= 11 is 1.57. The molecule has 0 spiro atoms. The molecule has 0 fully saturated rings. The lowest BCUT2D eigenvalue weighted by molar-refractivity contribution is -0.122. The molecule has 8 heteroatoms. The maximum Gasteiger partial charge on any atom is 0.238 e. The topological polar surface area (TPSA) is 78.5 Å². The van der Waals surface area contributed by atoms with E-state index in [4.69, 9.17) is 0 Å². The number of thioether (sulfide) groups is 1. The van der Waals surface area contributed by atoms with Crippen LogP contribution < -0.4 is 10.0 Å². The third-order valence-corrected chi connectivity index (χ3v) is 6.28. The van der Waals surface area contributed by atoms with Gasteiger partial charge in [-0.3, -0.25) is 4.79 Å². The third kappa shape index (κ3) is 9.26. The van der Waals surface area contributed by atoms with E-state index in [1.54, 1.807) is 11.8 Å². The number of rotatable bonds is 12. The number of carbonyl (C=O) groups is 1. The average Bonchev–Trinajstić information content (AvgIpc) is 2.75. The minimum Gasteiger partial charge on any atom is -0.351 e. The number of benzene rings is 2. The monoisotopic (exact) mass is 461 g/mol. The number of nitrogens with zero attached hydrogens (tertiary/aromatic N) is 1. The molecular weight excluding hydrogens is 430 g/mol. The van der Waals surface area contributed by atoms with Crippen LogP contribution in [0.3, 0.4) is 0 Å². The molecule has 1 atom stereocenters. The van der Waals surface area contributed by atoms with Crippen LogP contribution in [-0.4, -0.2) is 51.4 Å². The molecular formula is C23H31N3O3S2. The van der Waals surface area contributed by atoms with Crippen LogP contribution in [0.4, 0.5) is 0 Å². The molecule has 2 aromatic rings. The second kappa shape index (κ2) is 12.7. The quantitative estimate of drug-likeness (QED) is 0.508. The Balaban J connectivity index is 2.06. The van der Waals surface area contributed by atoms with Crippen molar-refractivity contribution in [1.29, 1.82) is 0 Å². The molecule has 0 aliphatic carbocycles. The van der Waals surface area contributed by atoms with Crippen LogP contribution in [0, 0.1) is 0 Å². The lowest BCUT2D eigenvalue weighted by Crippen LogP contribution is -2.46. The number of carbonyl (C=O) groups excluding carboxylic acids is 1. The maximum atomic E-state index is 12.8. The molecule has 0 bridgehead atoms. The molecule has 0 radical (unpaired) electrons. The van der Waals surface area contributed by atoms with Gasteiger partial charge in [0.15, 0.2) is 0 Å². The predicted molar refractivity (Wildman–Crippen MR) is 130 cm³/mol. The van der Waals surface area contributed by atoms with Gasteiger partial charge in [-0.05, 0) is 55.3 Å². The Bertz CT molecular complexity index is 961. The average molecular weight is 462 g/mol. The Morgan fingerprint density at radius 1 is 1.06 bits per heavy atom. The van der Waals surface area contributed by atoms with Crippen LogP contribution >= 0.6 is 11.8 Å². The predicted octanol–water partition coefficient (Wildman–Crippen LogP) is 3.08. The van der Waals surface area contributed by atoms with Gasteiger partial charge < -0.3 is 10.2 Å². The van der Waals surface area contributed by atoms with Crippen LogP contribution in [-0.2, 0) is 27.9 Å². The highest BCUT2D eigenvalue weighted by atomic mass is 32.2. The van der Waals surface area contributed by atoms with Crippen molar-refractivity contribution < 1.29 is 13.2 Å². The van der Waals surface area contributed by atoms with Gasteiger partial charge in [0.25, 0.3) is 0 Å². The smallest absolute Gasteiger partial charge is 0.238 e. The van der Waals surface area contributed by atoms with E-state index in [0.29, 0.717) is 18.7 Å². The molecule has 0 unspecified atom stereocenters. The van der Waals surface area contributed by atoms with Gasteiger partial charge in [-0.1, -0.05) is 54.6 Å². The number of hydrogen-bond donors (Lipinski definition) is 2. The minimum absolute atomic E-state index is 0.328. The van der Waals surface area contributed by atoms with E-state index in [9.17, 15) is 13.2 Å². The summed E-state index contributed by atoms with van der Waals surface area (Å²) in [5, 5.41) is 4.01. The molecule has 2 aromatic carbocycles. The highest BCUT2D eigenvalue weighted by molar-refractivity contribution is 7.98. The Kier molecular flexibility index (Phi) is 10.3. The number of nitrogens with one attached hydrogen (secondary N) is 2. The fraction of sp³-hybridized carbons (Fsp3) is 0.348. The van der Waals surface area contributed by atoms with Crippen LogP contribution in [0.5, 0.6) is 0 Å². The van der Waals surface area contributed by atoms with Gasteiger partial charge in [-0.15, -0.1) is 0 Å². The zero-order valence-corrected chi connectivity index (χ0v) is 19.9. The molecule has 6 nitrogen and oxygen atoms in total. The second-order valence-corrected chi connectivity index (χ2v) is 10.0. The molecule has 0 saturated carbocycles. The van der Waals surface area contributed by atoms with Gasteiger partial charge in [-0.2, -0.15) is 16.5 Å². The van der Waals surface area contributed by atoms with E-state index in [2.05, 4.69) is 14.9 Å². The van der Waals surface area contributed by atoms with Crippen molar-refractivity contribution in [2.45, 2.75) is 25.6 Å². The van der Waals surface area contributed by atoms with E-state index in [0.717, 1.165) is 28.6 Å². The maximum absolute atomic E-state index is 12.8. The highest BCUT2D eigenvalue weighted by Crippen LogP contribution is 2.11. The SMILES string of the molecule is CSCC[C@@H](NS(=O)(=O)/C=C/c1ccccc1)C(=O)NCc1ccccc1CN(C)C. The van der Waals surface area contributed by atoms with Crippen molar-refractivity contribution in [2.75, 3.05) is 26.1 Å². The van der Waals surface area contributed by atoms with Crippen LogP contribution in [0.25, 0.3) is 6.08 Å². The summed E-state index contributed by atoms with van der Waals surface area (Å²) in [5.74, 6) is 0.339. The zero-order valence-electron chi connectivity index (χ0n) is 18.2. The van der Waals surface area contributed by atoms with E-state index >= 15 is 0 Å². The Labute approximate surface area is 190 Å². The summed E-state index contributed by atoms with van der Waals surface area (Å²) in [6.07, 6.45) is 3.85. The zero-order chi connectivity index (χ0) is 22.7. The van der Waals surface area contributed by atoms with Crippen molar-refractivity contribution in [3.63, 3.8) is 0 Å². The first-order valence-corrected chi connectivity index (χ1v) is 13.0. The molecule has 31 heavy (non-hydrogen) atoms. The van der Waals surface area contributed by atoms with Crippen molar-refractivity contribution in [2.24, 2.45) is 0 Å². The van der Waals surface area contributed by atoms with Crippen LogP contribution in [0.2, 0.25) is 0 Å². The number of amides is 1. The van der Waals surface area contributed by atoms with Crippen molar-refractivity contribution in [3.05, 3.63) is 76.7 Å². The van der Waals surface area contributed by atoms with Gasteiger partial charge in [0.1, 0.15) is 6.04 Å². The molecule has 168 valence electrons. The molecule has 2 rings (SSSR count). The van der Waals surface area contributed by atoms with E-state index in [1.165, 1.54) is 6.08 Å². The summed E-state index contributed by atoms with van der Waals surface area (Å²) in [7, 11) is 0.214. The molecule has 0 saturated heterocycles. The molecule has 0 aromatic heterocycles. The number of sulfonamides is 1. The summed E-state index contributed by atoms with van der Waals surface area (Å²) in [6, 6.07) is 16.2. The Hall–Kier alpha value is -2.13. The van der Waals surface area contributed by atoms with E-state index in [1.807, 2.05) is 74.9 Å². The lowest BCUT2D eigenvalue weighted by atomic mass is 10.1. The first-order chi connectivity index (χ1) is 14.8. The summed E-state index contributed by atoms with van der Waals surface area (Å²) in [6.45, 7) is 1.11. The molecule has 2 N–H and O–H groups in total. The third-order valence-electron chi connectivity index (χ3n) is 4.53. The Morgan fingerprint density at radius 2 is 1.71 bits per heavy atom. The van der Waals surface area contributed by atoms with Gasteiger partial charge in [0.2, 0.25) is 15.9 Å². The normalized spacial score (nSPS) is 12.9. The standard InChI is InChI=1S/C23H31N3O3S2/c1-26(2)18-21-12-8-7-11-20(21)17-24-23(27)22(13-15-30-3)25-31(28,29)16-14-19-9-5-4-6-10-19/h4-12,14,16,22,25H,13,15,17-18H2,1-3H3,(H,24,27)/b16-14+/t22-/m1/s1. The van der Waals surface area contributed by atoms with Gasteiger partial charge in [-0.25, -0.2) is 8.42 Å². The molecule has 0 aliphatic rings. The van der Waals surface area contributed by atoms with Gasteiger partial charge >= 0.3 is 0 Å². The van der Waals surface area contributed by atoms with Crippen LogP contribution in [0.1, 0.15) is 23.1 Å². The minimum atomic E-state index is -3.77. The summed E-state index contributed by atoms with van der Waals surface area (Å²) in [5.41, 5.74) is 2.91. The van der Waals surface area contributed by atoms with E-state index in [-0.39, 0.29) is 5.91 Å². The number of hydrogen-bond acceptors (Lipinski definition) is 5. The molecule has 1 amide bonds. The summed E-state index contributed by atoms with van der Waals surface area (Å²) in [4.78, 5) is 14.9. The van der Waals surface area contributed by atoms with Gasteiger partial charge in [0, 0.05) is 18.5 Å². The Morgan fingerprint density at radius 3 is 2.35 bits per heavy atom. The first kappa shape index (κ1) is 25.1. The molecule has 0 heterocycles. The lowest BCUT2D eigenvalue weighted by Gasteiger charge is -2.19. The first-order valence-electron chi connectivity index (χ1n) is 10.0. The van der Waals surface area contributed by atoms with Gasteiger partial charge in [0.05, 0.1) is 0 Å². The molecule has 0 aliphatic heterocycles. The largest absolute Gasteiger partial charge is 0.351 e. The summed E-state index contributed by atoms with van der Waals surface area (Å²) < 4.78 is 27.6. The van der Waals surface area contributed by atoms with Crippen molar-refractivity contribution >= 4 is 33.8 Å². The second-order valence-electron chi connectivity index (χ2n) is 7.43. The fourth-order valence-corrected chi connectivity index (χ4v) is 4.49. The van der Waals surface area contributed by atoms with Crippen LogP contribution in [0.15, 0.2) is 60.0 Å². The van der Waals surface area contributed by atoms with Crippen molar-refractivity contribution in [1.82, 2.24) is 14.9 Å². The van der Waals surface area contributed by atoms with E-state index < -0.39 is 16.1 Å². The fourth-order valence-electron chi connectivity index (χ4n) is 2.98. The van der Waals surface area contributed by atoms with Crippen molar-refractivity contribution in [3.8, 4) is 0 Å².